The SMILES string of the molecule is Cc1ccc(N2C(=O)C3Sc4c(sc(=O)n4CC(=O)Nc4ccc(Cl)c(Cl)c4)[C@H](c4cccc(Br)c4)C3C2=O)cc1. The van der Waals surface area contributed by atoms with Crippen LogP contribution < -0.4 is 15.1 Å². The number of carbonyl (C=O) groups excluding carboxylic acids is 3. The maximum atomic E-state index is 14.0. The molecule has 0 bridgehead atoms. The Morgan fingerprint density at radius 3 is 2.44 bits per heavy atom. The van der Waals surface area contributed by atoms with Gasteiger partial charge >= 0.3 is 4.87 Å². The third-order valence-corrected chi connectivity index (χ3v) is 10.9. The fraction of sp³-hybridized carbons (Fsp3) is 0.172. The van der Waals surface area contributed by atoms with Crippen molar-refractivity contribution in [2.45, 2.75) is 29.7 Å². The molecule has 2 aliphatic heterocycles. The Morgan fingerprint density at radius 1 is 0.976 bits per heavy atom. The fourth-order valence-corrected chi connectivity index (χ4v) is 8.67. The van der Waals surface area contributed by atoms with Gasteiger partial charge in [-0.3, -0.25) is 23.7 Å². The van der Waals surface area contributed by atoms with Crippen LogP contribution in [-0.4, -0.2) is 27.5 Å². The molecule has 2 unspecified atom stereocenters. The van der Waals surface area contributed by atoms with Crippen LogP contribution in [0.5, 0.6) is 0 Å². The molecule has 3 atom stereocenters. The first-order chi connectivity index (χ1) is 19.6. The maximum Gasteiger partial charge on any atom is 0.308 e. The smallest absolute Gasteiger partial charge is 0.308 e. The van der Waals surface area contributed by atoms with E-state index in [0.717, 1.165) is 26.9 Å². The van der Waals surface area contributed by atoms with Crippen molar-refractivity contribution in [3.05, 3.63) is 107 Å². The van der Waals surface area contributed by atoms with Gasteiger partial charge in [0.1, 0.15) is 11.8 Å². The molecule has 0 aliphatic carbocycles. The van der Waals surface area contributed by atoms with E-state index in [1.54, 1.807) is 24.3 Å². The second-order valence-electron chi connectivity index (χ2n) is 9.74. The second-order valence-corrected chi connectivity index (χ2v) is 13.6. The number of hydrogen-bond acceptors (Lipinski definition) is 6. The number of rotatable bonds is 5. The first-order valence-corrected chi connectivity index (χ1v) is 15.7. The number of amides is 3. The molecule has 3 aromatic carbocycles. The minimum Gasteiger partial charge on any atom is -0.324 e. The van der Waals surface area contributed by atoms with Gasteiger partial charge < -0.3 is 5.32 Å². The average molecular weight is 689 g/mol. The molecule has 3 amide bonds. The van der Waals surface area contributed by atoms with E-state index in [2.05, 4.69) is 21.2 Å². The predicted octanol–water partition coefficient (Wildman–Crippen LogP) is 6.72. The quantitative estimate of drug-likeness (QED) is 0.235. The number of benzene rings is 3. The van der Waals surface area contributed by atoms with E-state index >= 15 is 0 Å². The Hall–Kier alpha value is -2.89. The van der Waals surface area contributed by atoms with Crippen LogP contribution in [0.1, 0.15) is 21.9 Å². The Bertz CT molecular complexity index is 1790. The van der Waals surface area contributed by atoms with Crippen molar-refractivity contribution in [2.75, 3.05) is 10.2 Å². The zero-order valence-electron chi connectivity index (χ0n) is 21.3. The van der Waals surface area contributed by atoms with Crippen molar-refractivity contribution in [1.29, 1.82) is 0 Å². The standard InChI is InChI=1S/C29H20BrCl2N3O4S2/c1-14-5-8-18(9-6-14)35-26(37)23-22(15-3-2-4-16(30)11-15)25-28(40-24(23)27(35)38)34(29(39)41-25)13-21(36)33-17-7-10-19(31)20(32)12-17/h2-12,22-24H,13H2,1H3,(H,33,36)/t22-,23?,24?/m1/s1. The topological polar surface area (TPSA) is 88.5 Å². The van der Waals surface area contributed by atoms with Gasteiger partial charge in [-0.05, 0) is 55.0 Å². The van der Waals surface area contributed by atoms with Crippen LogP contribution in [0.4, 0.5) is 11.4 Å². The van der Waals surface area contributed by atoms with Gasteiger partial charge in [0.15, 0.2) is 0 Å². The Balaban J connectivity index is 1.40. The molecule has 12 heteroatoms. The molecule has 0 spiro atoms. The molecule has 6 rings (SSSR count). The Kier molecular flexibility index (Phi) is 7.63. The summed E-state index contributed by atoms with van der Waals surface area (Å²) in [6, 6.07) is 19.5. The summed E-state index contributed by atoms with van der Waals surface area (Å²) in [6.45, 7) is 1.66. The summed E-state index contributed by atoms with van der Waals surface area (Å²) in [5.41, 5.74) is 2.76. The number of halogens is 3. The van der Waals surface area contributed by atoms with Gasteiger partial charge in [0, 0.05) is 21.0 Å². The summed E-state index contributed by atoms with van der Waals surface area (Å²) in [5.74, 6) is -2.35. The number of hydrogen-bond donors (Lipinski definition) is 1. The summed E-state index contributed by atoms with van der Waals surface area (Å²) in [4.78, 5) is 55.7. The number of nitrogens with zero attached hydrogens (tertiary/aromatic N) is 2. The van der Waals surface area contributed by atoms with Gasteiger partial charge in [0.25, 0.3) is 0 Å². The lowest BCUT2D eigenvalue weighted by Gasteiger charge is -2.30. The van der Waals surface area contributed by atoms with Gasteiger partial charge in [-0.15, -0.1) is 0 Å². The molecule has 0 radical (unpaired) electrons. The Morgan fingerprint density at radius 2 is 1.73 bits per heavy atom. The number of aromatic nitrogens is 1. The molecule has 1 saturated heterocycles. The lowest BCUT2D eigenvalue weighted by Crippen LogP contribution is -2.33. The number of fused-ring (bicyclic) bond motifs is 2. The molecular formula is C29H20BrCl2N3O4S2. The summed E-state index contributed by atoms with van der Waals surface area (Å²) in [7, 11) is 0. The zero-order valence-corrected chi connectivity index (χ0v) is 26.0. The van der Waals surface area contributed by atoms with Crippen molar-refractivity contribution >= 4 is 91.3 Å². The van der Waals surface area contributed by atoms with Crippen molar-refractivity contribution < 1.29 is 14.4 Å². The molecule has 3 heterocycles. The molecule has 4 aromatic rings. The van der Waals surface area contributed by atoms with E-state index < -0.39 is 23.0 Å². The number of carbonyl (C=O) groups is 3. The molecule has 208 valence electrons. The minimum absolute atomic E-state index is 0.273. The van der Waals surface area contributed by atoms with Crippen LogP contribution in [0.3, 0.4) is 0 Å². The molecule has 1 aromatic heterocycles. The minimum atomic E-state index is -0.765. The highest BCUT2D eigenvalue weighted by Gasteiger charge is 2.56. The Labute approximate surface area is 261 Å². The maximum absolute atomic E-state index is 14.0. The van der Waals surface area contributed by atoms with Crippen LogP contribution >= 0.6 is 62.2 Å². The number of imide groups is 1. The fourth-order valence-electron chi connectivity index (χ4n) is 5.18. The number of thiazole rings is 1. The number of nitrogens with one attached hydrogen (secondary N) is 1. The van der Waals surface area contributed by atoms with Crippen LogP contribution in [-0.2, 0) is 20.9 Å². The first-order valence-electron chi connectivity index (χ1n) is 12.5. The van der Waals surface area contributed by atoms with Crippen LogP contribution in [0.25, 0.3) is 0 Å². The molecule has 0 saturated carbocycles. The van der Waals surface area contributed by atoms with E-state index in [4.69, 9.17) is 23.2 Å². The summed E-state index contributed by atoms with van der Waals surface area (Å²) < 4.78 is 2.19. The molecule has 7 nitrogen and oxygen atoms in total. The van der Waals surface area contributed by atoms with Crippen LogP contribution in [0.15, 0.2) is 81.0 Å². The largest absolute Gasteiger partial charge is 0.324 e. The second kappa shape index (κ2) is 11.1. The average Bonchev–Trinajstić information content (AvgIpc) is 3.37. The third-order valence-electron chi connectivity index (χ3n) is 7.05. The van der Waals surface area contributed by atoms with E-state index in [0.29, 0.717) is 26.3 Å². The molecule has 41 heavy (non-hydrogen) atoms. The highest BCUT2D eigenvalue weighted by Crippen LogP contribution is 2.54. The van der Waals surface area contributed by atoms with Crippen molar-refractivity contribution in [1.82, 2.24) is 4.57 Å². The predicted molar refractivity (Wildman–Crippen MR) is 166 cm³/mol. The van der Waals surface area contributed by atoms with Crippen molar-refractivity contribution in [2.24, 2.45) is 5.92 Å². The van der Waals surface area contributed by atoms with Crippen molar-refractivity contribution in [3.8, 4) is 0 Å². The van der Waals surface area contributed by atoms with Gasteiger partial charge in [-0.2, -0.15) is 0 Å². The van der Waals surface area contributed by atoms with Gasteiger partial charge in [-0.25, -0.2) is 4.90 Å². The van der Waals surface area contributed by atoms with Crippen LogP contribution in [0.2, 0.25) is 10.0 Å². The van der Waals surface area contributed by atoms with Gasteiger partial charge in [-0.1, -0.05) is 92.1 Å². The van der Waals surface area contributed by atoms with E-state index in [9.17, 15) is 19.2 Å². The lowest BCUT2D eigenvalue weighted by molar-refractivity contribution is -0.122. The summed E-state index contributed by atoms with van der Waals surface area (Å²) >= 11 is 17.7. The molecule has 1 N–H and O–H groups in total. The van der Waals surface area contributed by atoms with Crippen molar-refractivity contribution in [3.63, 3.8) is 0 Å². The number of anilines is 2. The van der Waals surface area contributed by atoms with Gasteiger partial charge in [0.05, 0.1) is 26.7 Å². The van der Waals surface area contributed by atoms with Gasteiger partial charge in [0.2, 0.25) is 17.7 Å². The van der Waals surface area contributed by atoms with E-state index in [-0.39, 0.29) is 28.3 Å². The highest BCUT2D eigenvalue weighted by atomic mass is 79.9. The highest BCUT2D eigenvalue weighted by molar-refractivity contribution is 9.10. The lowest BCUT2D eigenvalue weighted by atomic mass is 9.83. The molecular weight excluding hydrogens is 669 g/mol. The summed E-state index contributed by atoms with van der Waals surface area (Å²) in [6.07, 6.45) is 0. The zero-order chi connectivity index (χ0) is 29.0. The first kappa shape index (κ1) is 28.2. The normalized spacial score (nSPS) is 19.7. The monoisotopic (exact) mass is 687 g/mol. The van der Waals surface area contributed by atoms with Crippen LogP contribution in [0, 0.1) is 12.8 Å². The molecule has 2 aliphatic rings. The number of aryl methyl sites for hydroxylation is 1. The summed E-state index contributed by atoms with van der Waals surface area (Å²) in [5, 5.41) is 3.14. The number of thioether (sulfide) groups is 1. The van der Waals surface area contributed by atoms with E-state index in [1.165, 1.54) is 27.3 Å². The molecule has 1 fully saturated rings. The third kappa shape index (κ3) is 5.17. The van der Waals surface area contributed by atoms with E-state index in [1.807, 2.05) is 43.3 Å².